The van der Waals surface area contributed by atoms with Crippen molar-refractivity contribution in [2.24, 2.45) is 5.84 Å². The second-order valence-corrected chi connectivity index (χ2v) is 5.08. The minimum Gasteiger partial charge on any atom is -0.491 e. The van der Waals surface area contributed by atoms with Crippen molar-refractivity contribution in [1.29, 1.82) is 0 Å². The van der Waals surface area contributed by atoms with Gasteiger partial charge in [-0.15, -0.1) is 0 Å². The Morgan fingerprint density at radius 1 is 1.21 bits per heavy atom. The van der Waals surface area contributed by atoms with E-state index in [9.17, 15) is 0 Å². The zero-order chi connectivity index (χ0) is 14.3. The average Bonchev–Trinajstić information content (AvgIpc) is 2.38. The fourth-order valence-corrected chi connectivity index (χ4v) is 1.94. The first kappa shape index (κ1) is 16.0. The van der Waals surface area contributed by atoms with E-state index in [1.54, 1.807) is 7.11 Å². The molecule has 0 saturated carbocycles. The van der Waals surface area contributed by atoms with Crippen molar-refractivity contribution < 1.29 is 9.47 Å². The van der Waals surface area contributed by atoms with Gasteiger partial charge in [0.15, 0.2) is 0 Å². The monoisotopic (exact) mass is 266 g/mol. The molecular weight excluding hydrogens is 240 g/mol. The van der Waals surface area contributed by atoms with Crippen molar-refractivity contribution in [3.05, 3.63) is 29.8 Å². The number of hydrazine groups is 1. The highest BCUT2D eigenvalue weighted by Gasteiger charge is 2.12. The lowest BCUT2D eigenvalue weighted by Crippen LogP contribution is -2.28. The van der Waals surface area contributed by atoms with Gasteiger partial charge in [-0.3, -0.25) is 11.3 Å². The van der Waals surface area contributed by atoms with E-state index in [2.05, 4.69) is 18.4 Å². The molecule has 1 aromatic rings. The normalized spacial score (nSPS) is 14.4. The van der Waals surface area contributed by atoms with Gasteiger partial charge < -0.3 is 9.47 Å². The highest BCUT2D eigenvalue weighted by atomic mass is 16.5. The minimum absolute atomic E-state index is 0.119. The van der Waals surface area contributed by atoms with Crippen LogP contribution in [-0.4, -0.2) is 19.3 Å². The summed E-state index contributed by atoms with van der Waals surface area (Å²) in [7, 11) is 1.73. The molecule has 1 rings (SSSR count). The Labute approximate surface area is 116 Å². The molecule has 0 amide bonds. The van der Waals surface area contributed by atoms with E-state index in [1.807, 2.05) is 32.0 Å². The third-order valence-electron chi connectivity index (χ3n) is 3.10. The van der Waals surface area contributed by atoms with E-state index >= 15 is 0 Å². The van der Waals surface area contributed by atoms with Crippen LogP contribution in [0.3, 0.4) is 0 Å². The third kappa shape index (κ3) is 5.59. The van der Waals surface area contributed by atoms with Gasteiger partial charge in [-0.25, -0.2) is 0 Å². The Bertz CT molecular complexity index is 369. The van der Waals surface area contributed by atoms with Crippen molar-refractivity contribution in [1.82, 2.24) is 5.43 Å². The summed E-state index contributed by atoms with van der Waals surface area (Å²) in [6, 6.07) is 8.19. The molecule has 108 valence electrons. The molecule has 4 nitrogen and oxygen atoms in total. The van der Waals surface area contributed by atoms with Crippen LogP contribution in [0.25, 0.3) is 0 Å². The van der Waals surface area contributed by atoms with Crippen LogP contribution in [0.4, 0.5) is 0 Å². The fourth-order valence-electron chi connectivity index (χ4n) is 1.94. The smallest absolute Gasteiger partial charge is 0.120 e. The Kier molecular flexibility index (Phi) is 6.84. The van der Waals surface area contributed by atoms with Gasteiger partial charge in [0, 0.05) is 13.2 Å². The van der Waals surface area contributed by atoms with E-state index in [0.717, 1.165) is 24.2 Å². The second kappa shape index (κ2) is 8.15. The molecule has 0 aliphatic carbocycles. The first-order valence-corrected chi connectivity index (χ1v) is 6.82. The molecule has 3 N–H and O–H groups in total. The molecule has 0 fully saturated rings. The summed E-state index contributed by atoms with van der Waals surface area (Å²) < 4.78 is 11.0. The van der Waals surface area contributed by atoms with Gasteiger partial charge >= 0.3 is 0 Å². The van der Waals surface area contributed by atoms with Gasteiger partial charge in [0.25, 0.3) is 0 Å². The van der Waals surface area contributed by atoms with Crippen LogP contribution in [-0.2, 0) is 4.74 Å². The van der Waals surface area contributed by atoms with Crippen LogP contribution < -0.4 is 16.0 Å². The number of methoxy groups -OCH3 is 1. The average molecular weight is 266 g/mol. The lowest BCUT2D eigenvalue weighted by atomic mass is 10.0. The quantitative estimate of drug-likeness (QED) is 0.561. The molecular formula is C15H26N2O2. The van der Waals surface area contributed by atoms with Gasteiger partial charge in [0.1, 0.15) is 5.75 Å². The van der Waals surface area contributed by atoms with Crippen molar-refractivity contribution in [2.75, 3.05) is 7.11 Å². The van der Waals surface area contributed by atoms with E-state index < -0.39 is 0 Å². The first-order chi connectivity index (χ1) is 9.06. The van der Waals surface area contributed by atoms with Crippen LogP contribution >= 0.6 is 0 Å². The molecule has 0 bridgehead atoms. The molecule has 0 spiro atoms. The molecule has 0 aliphatic heterocycles. The maximum atomic E-state index is 5.70. The van der Waals surface area contributed by atoms with Crippen LogP contribution in [0.15, 0.2) is 24.3 Å². The number of hydrogen-bond acceptors (Lipinski definition) is 4. The molecule has 2 atom stereocenters. The predicted molar refractivity (Wildman–Crippen MR) is 78.0 cm³/mol. The summed E-state index contributed by atoms with van der Waals surface area (Å²) in [4.78, 5) is 0. The summed E-state index contributed by atoms with van der Waals surface area (Å²) in [5.41, 5.74) is 4.01. The van der Waals surface area contributed by atoms with Crippen molar-refractivity contribution in [3.63, 3.8) is 0 Å². The van der Waals surface area contributed by atoms with Crippen molar-refractivity contribution >= 4 is 0 Å². The Morgan fingerprint density at radius 2 is 1.95 bits per heavy atom. The highest BCUT2D eigenvalue weighted by Crippen LogP contribution is 2.23. The molecule has 0 saturated heterocycles. The van der Waals surface area contributed by atoms with Gasteiger partial charge in [-0.2, -0.15) is 0 Å². The van der Waals surface area contributed by atoms with Gasteiger partial charge in [0.05, 0.1) is 12.2 Å². The van der Waals surface area contributed by atoms with Crippen molar-refractivity contribution in [3.8, 4) is 5.75 Å². The van der Waals surface area contributed by atoms with E-state index in [1.165, 1.54) is 0 Å². The summed E-state index contributed by atoms with van der Waals surface area (Å²) >= 11 is 0. The summed E-state index contributed by atoms with van der Waals surface area (Å²) in [5, 5.41) is 0. The zero-order valence-corrected chi connectivity index (χ0v) is 12.3. The van der Waals surface area contributed by atoms with Crippen LogP contribution in [0.2, 0.25) is 0 Å². The largest absolute Gasteiger partial charge is 0.491 e. The molecule has 19 heavy (non-hydrogen) atoms. The van der Waals surface area contributed by atoms with E-state index in [-0.39, 0.29) is 18.2 Å². The number of benzene rings is 1. The summed E-state index contributed by atoms with van der Waals surface area (Å²) in [6.07, 6.45) is 2.30. The molecule has 4 heteroatoms. The SMILES string of the molecule is COC(C)CCC(NN)c1cccc(OC(C)C)c1. The highest BCUT2D eigenvalue weighted by molar-refractivity contribution is 5.30. The Morgan fingerprint density at radius 3 is 2.53 bits per heavy atom. The number of hydrogen-bond donors (Lipinski definition) is 2. The molecule has 0 aromatic heterocycles. The molecule has 0 heterocycles. The molecule has 0 radical (unpaired) electrons. The maximum Gasteiger partial charge on any atom is 0.120 e. The van der Waals surface area contributed by atoms with Crippen LogP contribution in [0.5, 0.6) is 5.75 Å². The molecule has 0 aliphatic rings. The van der Waals surface area contributed by atoms with Gasteiger partial charge in [-0.05, 0) is 51.3 Å². The number of ether oxygens (including phenoxy) is 2. The maximum absolute atomic E-state index is 5.70. The number of rotatable bonds is 8. The second-order valence-electron chi connectivity index (χ2n) is 5.08. The molecule has 2 unspecified atom stereocenters. The number of nitrogens with one attached hydrogen (secondary N) is 1. The Balaban J connectivity index is 2.69. The lowest BCUT2D eigenvalue weighted by Gasteiger charge is -2.19. The summed E-state index contributed by atoms with van der Waals surface area (Å²) in [6.45, 7) is 6.10. The molecule has 1 aromatic carbocycles. The van der Waals surface area contributed by atoms with Crippen LogP contribution in [0, 0.1) is 0 Å². The zero-order valence-electron chi connectivity index (χ0n) is 12.3. The topological polar surface area (TPSA) is 56.5 Å². The first-order valence-electron chi connectivity index (χ1n) is 6.82. The Hall–Kier alpha value is -1.10. The van der Waals surface area contributed by atoms with E-state index in [0.29, 0.717) is 0 Å². The van der Waals surface area contributed by atoms with Gasteiger partial charge in [0.2, 0.25) is 0 Å². The van der Waals surface area contributed by atoms with Crippen LogP contribution in [0.1, 0.15) is 45.2 Å². The van der Waals surface area contributed by atoms with Crippen molar-refractivity contribution in [2.45, 2.75) is 51.9 Å². The minimum atomic E-state index is 0.119. The predicted octanol–water partition coefficient (Wildman–Crippen LogP) is 2.79. The third-order valence-corrected chi connectivity index (χ3v) is 3.10. The lowest BCUT2D eigenvalue weighted by molar-refractivity contribution is 0.106. The standard InChI is InChI=1S/C15H26N2O2/c1-11(2)19-14-7-5-6-13(10-14)15(17-16)9-8-12(3)18-4/h5-7,10-12,15,17H,8-9,16H2,1-4H3. The summed E-state index contributed by atoms with van der Waals surface area (Å²) in [5.74, 6) is 6.53. The fraction of sp³-hybridized carbons (Fsp3) is 0.600. The van der Waals surface area contributed by atoms with Gasteiger partial charge in [-0.1, -0.05) is 12.1 Å². The van der Waals surface area contributed by atoms with E-state index in [4.69, 9.17) is 15.3 Å². The number of nitrogens with two attached hydrogens (primary N) is 1.